The number of rotatable bonds is 3. The van der Waals surface area contributed by atoms with Crippen molar-refractivity contribution in [2.45, 2.75) is 39.7 Å². The summed E-state index contributed by atoms with van der Waals surface area (Å²) >= 11 is 1.74. The van der Waals surface area contributed by atoms with E-state index in [4.69, 9.17) is 4.98 Å². The fourth-order valence-corrected chi connectivity index (χ4v) is 4.05. The third-order valence-corrected chi connectivity index (χ3v) is 5.44. The molecule has 1 fully saturated rings. The largest absolute Gasteiger partial charge is 0.336 e. The number of piperazine rings is 1. The highest BCUT2D eigenvalue weighted by atomic mass is 32.1. The van der Waals surface area contributed by atoms with E-state index in [9.17, 15) is 4.79 Å². The molecular formula is C20H27N3OS. The molecule has 5 heteroatoms. The van der Waals surface area contributed by atoms with E-state index < -0.39 is 0 Å². The third kappa shape index (κ3) is 4.47. The number of benzene rings is 1. The second-order valence-corrected chi connectivity index (χ2v) is 8.76. The van der Waals surface area contributed by atoms with Gasteiger partial charge in [-0.05, 0) is 19.1 Å². The van der Waals surface area contributed by atoms with Gasteiger partial charge >= 0.3 is 0 Å². The summed E-state index contributed by atoms with van der Waals surface area (Å²) in [6.45, 7) is 12.9. The monoisotopic (exact) mass is 357 g/mol. The Morgan fingerprint density at radius 1 is 1.20 bits per heavy atom. The molecule has 2 heterocycles. The highest BCUT2D eigenvalue weighted by Gasteiger charge is 2.23. The maximum Gasteiger partial charge on any atom is 0.253 e. The van der Waals surface area contributed by atoms with Gasteiger partial charge in [0.05, 0.1) is 12.2 Å². The van der Waals surface area contributed by atoms with Crippen molar-refractivity contribution in [3.63, 3.8) is 0 Å². The van der Waals surface area contributed by atoms with Gasteiger partial charge < -0.3 is 4.90 Å². The number of hydrogen-bond acceptors (Lipinski definition) is 4. The highest BCUT2D eigenvalue weighted by molar-refractivity contribution is 7.09. The Hall–Kier alpha value is -1.72. The second kappa shape index (κ2) is 7.26. The lowest BCUT2D eigenvalue weighted by molar-refractivity contribution is 0.0628. The van der Waals surface area contributed by atoms with Crippen molar-refractivity contribution in [2.24, 2.45) is 0 Å². The minimum atomic E-state index is 0.105. The predicted octanol–water partition coefficient (Wildman–Crippen LogP) is 3.71. The summed E-state index contributed by atoms with van der Waals surface area (Å²) in [5.74, 6) is 0.146. The molecule has 3 rings (SSSR count). The topological polar surface area (TPSA) is 36.4 Å². The van der Waals surface area contributed by atoms with Gasteiger partial charge in [0, 0.05) is 42.5 Å². The van der Waals surface area contributed by atoms with Crippen LogP contribution in [0.2, 0.25) is 0 Å². The molecule has 25 heavy (non-hydrogen) atoms. The molecule has 2 aromatic rings. The number of carbonyl (C=O) groups is 1. The van der Waals surface area contributed by atoms with Gasteiger partial charge in [0.2, 0.25) is 0 Å². The van der Waals surface area contributed by atoms with E-state index in [1.54, 1.807) is 11.3 Å². The normalized spacial score (nSPS) is 16.2. The summed E-state index contributed by atoms with van der Waals surface area (Å²) in [6.07, 6.45) is 0. The number of nitrogens with zero attached hydrogens (tertiary/aromatic N) is 3. The first-order valence-electron chi connectivity index (χ1n) is 8.86. The zero-order valence-electron chi connectivity index (χ0n) is 15.6. The molecule has 134 valence electrons. The molecule has 1 aliphatic rings. The van der Waals surface area contributed by atoms with Gasteiger partial charge in [-0.25, -0.2) is 4.98 Å². The Morgan fingerprint density at radius 2 is 1.92 bits per heavy atom. The van der Waals surface area contributed by atoms with Crippen molar-refractivity contribution in [2.75, 3.05) is 26.2 Å². The summed E-state index contributed by atoms with van der Waals surface area (Å²) in [5, 5.41) is 3.34. The molecule has 4 nitrogen and oxygen atoms in total. The zero-order valence-corrected chi connectivity index (χ0v) is 16.4. The van der Waals surface area contributed by atoms with Crippen LogP contribution < -0.4 is 0 Å². The molecule has 0 saturated carbocycles. The van der Waals surface area contributed by atoms with Crippen LogP contribution in [0.3, 0.4) is 0 Å². The number of carbonyl (C=O) groups excluding carboxylic acids is 1. The molecule has 1 aliphatic heterocycles. The Kier molecular flexibility index (Phi) is 5.25. The van der Waals surface area contributed by atoms with E-state index in [-0.39, 0.29) is 11.3 Å². The maximum absolute atomic E-state index is 12.6. The van der Waals surface area contributed by atoms with Gasteiger partial charge in [-0.3, -0.25) is 9.69 Å². The Balaban J connectivity index is 1.55. The predicted molar refractivity (Wildman–Crippen MR) is 103 cm³/mol. The summed E-state index contributed by atoms with van der Waals surface area (Å²) in [5.41, 5.74) is 3.19. The van der Waals surface area contributed by atoms with Gasteiger partial charge in [-0.15, -0.1) is 11.3 Å². The highest BCUT2D eigenvalue weighted by Crippen LogP contribution is 2.24. The van der Waals surface area contributed by atoms with Crippen molar-refractivity contribution in [3.8, 4) is 0 Å². The summed E-state index contributed by atoms with van der Waals surface area (Å²) in [6, 6.07) is 7.85. The summed E-state index contributed by atoms with van der Waals surface area (Å²) < 4.78 is 0. The Labute approximate surface area is 154 Å². The first kappa shape index (κ1) is 18.1. The molecular weight excluding hydrogens is 330 g/mol. The number of hydrogen-bond donors (Lipinski definition) is 0. The van der Waals surface area contributed by atoms with Crippen LogP contribution in [-0.2, 0) is 12.0 Å². The van der Waals surface area contributed by atoms with Crippen molar-refractivity contribution in [1.29, 1.82) is 0 Å². The van der Waals surface area contributed by atoms with Crippen LogP contribution in [0.15, 0.2) is 29.6 Å². The second-order valence-electron chi connectivity index (χ2n) is 7.81. The van der Waals surface area contributed by atoms with E-state index in [1.165, 1.54) is 10.7 Å². The van der Waals surface area contributed by atoms with E-state index >= 15 is 0 Å². The van der Waals surface area contributed by atoms with Crippen LogP contribution in [0.4, 0.5) is 0 Å². The van der Waals surface area contributed by atoms with E-state index in [1.807, 2.05) is 36.1 Å². The molecule has 1 aromatic heterocycles. The number of aryl methyl sites for hydroxylation is 1. The first-order valence-corrected chi connectivity index (χ1v) is 9.74. The average Bonchev–Trinajstić information content (AvgIpc) is 3.04. The quantitative estimate of drug-likeness (QED) is 0.840. The molecule has 1 aromatic carbocycles. The molecule has 0 atom stereocenters. The molecule has 0 radical (unpaired) electrons. The standard InChI is InChI=1S/C20H27N3OS/c1-15-6-5-7-16(12-15)19(24)23-10-8-22(9-11-23)13-18-21-17(14-25-18)20(2,3)4/h5-7,12,14H,8-11,13H2,1-4H3. The van der Waals surface area contributed by atoms with Crippen molar-refractivity contribution < 1.29 is 4.79 Å². The van der Waals surface area contributed by atoms with Crippen LogP contribution in [0.25, 0.3) is 0 Å². The lowest BCUT2D eigenvalue weighted by atomic mass is 9.93. The molecule has 0 unspecified atom stereocenters. The van der Waals surface area contributed by atoms with Crippen molar-refractivity contribution in [3.05, 3.63) is 51.5 Å². The maximum atomic E-state index is 12.6. The lowest BCUT2D eigenvalue weighted by Gasteiger charge is -2.34. The fraction of sp³-hybridized carbons (Fsp3) is 0.500. The SMILES string of the molecule is Cc1cccc(C(=O)N2CCN(Cc3nc(C(C)(C)C)cs3)CC2)c1. The van der Waals surface area contributed by atoms with Crippen molar-refractivity contribution in [1.82, 2.24) is 14.8 Å². The van der Waals surface area contributed by atoms with E-state index in [0.717, 1.165) is 43.9 Å². The molecule has 0 aliphatic carbocycles. The van der Waals surface area contributed by atoms with Crippen LogP contribution >= 0.6 is 11.3 Å². The number of amides is 1. The van der Waals surface area contributed by atoms with E-state index in [2.05, 4.69) is 31.1 Å². The summed E-state index contributed by atoms with van der Waals surface area (Å²) in [7, 11) is 0. The molecule has 1 saturated heterocycles. The van der Waals surface area contributed by atoms with Crippen molar-refractivity contribution >= 4 is 17.2 Å². The smallest absolute Gasteiger partial charge is 0.253 e. The lowest BCUT2D eigenvalue weighted by Crippen LogP contribution is -2.48. The van der Waals surface area contributed by atoms with Crippen LogP contribution in [-0.4, -0.2) is 46.9 Å². The van der Waals surface area contributed by atoms with Gasteiger partial charge in [-0.1, -0.05) is 38.5 Å². The van der Waals surface area contributed by atoms with Crippen LogP contribution in [0.5, 0.6) is 0 Å². The average molecular weight is 358 g/mol. The zero-order chi connectivity index (χ0) is 18.0. The summed E-state index contributed by atoms with van der Waals surface area (Å²) in [4.78, 5) is 21.8. The fourth-order valence-electron chi connectivity index (χ4n) is 2.99. The van der Waals surface area contributed by atoms with Gasteiger partial charge in [-0.2, -0.15) is 0 Å². The Bertz CT molecular complexity index is 739. The first-order chi connectivity index (χ1) is 11.8. The molecule has 0 bridgehead atoms. The Morgan fingerprint density at radius 3 is 2.52 bits per heavy atom. The number of aromatic nitrogens is 1. The molecule has 1 amide bonds. The van der Waals surface area contributed by atoms with Gasteiger partial charge in [0.25, 0.3) is 5.91 Å². The third-order valence-electron chi connectivity index (χ3n) is 4.60. The van der Waals surface area contributed by atoms with Crippen LogP contribution in [0, 0.1) is 6.92 Å². The molecule has 0 spiro atoms. The molecule has 0 N–H and O–H groups in total. The van der Waals surface area contributed by atoms with Gasteiger partial charge in [0.1, 0.15) is 5.01 Å². The van der Waals surface area contributed by atoms with Crippen LogP contribution in [0.1, 0.15) is 47.4 Å². The number of thiazole rings is 1. The van der Waals surface area contributed by atoms with E-state index in [0.29, 0.717) is 0 Å². The minimum Gasteiger partial charge on any atom is -0.336 e. The minimum absolute atomic E-state index is 0.105. The van der Waals surface area contributed by atoms with Gasteiger partial charge in [0.15, 0.2) is 0 Å².